The predicted octanol–water partition coefficient (Wildman–Crippen LogP) is 1.61. The van der Waals surface area contributed by atoms with Gasteiger partial charge in [-0.25, -0.2) is 19.2 Å². The molecular formula is C24H31FN10O. The molecule has 3 heterocycles. The van der Waals surface area contributed by atoms with Crippen LogP contribution < -0.4 is 22.1 Å². The molecule has 2 aliphatic rings. The van der Waals surface area contributed by atoms with E-state index in [0.717, 1.165) is 22.0 Å². The monoisotopic (exact) mass is 494 g/mol. The molecule has 1 aromatic carbocycles. The summed E-state index contributed by atoms with van der Waals surface area (Å²) in [6, 6.07) is 5.81. The van der Waals surface area contributed by atoms with Crippen LogP contribution in [-0.2, 0) is 7.05 Å². The molecule has 1 saturated heterocycles. The summed E-state index contributed by atoms with van der Waals surface area (Å²) in [7, 11) is 1.47. The molecule has 190 valence electrons. The number of nitrogens with two attached hydrogens (primary N) is 1. The van der Waals surface area contributed by atoms with Crippen molar-refractivity contribution in [2.75, 3.05) is 0 Å². The predicted molar refractivity (Wildman–Crippen MR) is 135 cm³/mol. The summed E-state index contributed by atoms with van der Waals surface area (Å²) in [6.45, 7) is 10.6. The van der Waals surface area contributed by atoms with Crippen molar-refractivity contribution in [1.29, 1.82) is 5.26 Å². The second kappa shape index (κ2) is 9.07. The molecule has 0 spiro atoms. The van der Waals surface area contributed by atoms with Gasteiger partial charge < -0.3 is 11.1 Å². The van der Waals surface area contributed by atoms with Gasteiger partial charge in [0.1, 0.15) is 23.4 Å². The first-order valence-electron chi connectivity index (χ1n) is 11.7. The number of hydrogen-bond donors (Lipinski definition) is 3. The number of halogens is 1. The van der Waals surface area contributed by atoms with Crippen molar-refractivity contribution in [3.05, 3.63) is 46.3 Å². The zero-order chi connectivity index (χ0) is 26.4. The SMILES string of the molecule is CC1NC(C)(C)CC(NC2C(F)=CN=C(N)C2=Nc2cc(C#N)cc(-n3nnn(C)c3=O)c2)C1(C)C. The van der Waals surface area contributed by atoms with Crippen molar-refractivity contribution in [2.45, 2.75) is 64.7 Å². The summed E-state index contributed by atoms with van der Waals surface area (Å²) in [5.74, 6) is -0.446. The summed E-state index contributed by atoms with van der Waals surface area (Å²) in [5, 5.41) is 24.2. The van der Waals surface area contributed by atoms with Crippen LogP contribution in [0.5, 0.6) is 0 Å². The van der Waals surface area contributed by atoms with Gasteiger partial charge in [-0.3, -0.25) is 5.32 Å². The average Bonchev–Trinajstić information content (AvgIpc) is 3.14. The van der Waals surface area contributed by atoms with Crippen molar-refractivity contribution < 1.29 is 4.39 Å². The number of piperidine rings is 1. The maximum atomic E-state index is 15.2. The Morgan fingerprint density at radius 1 is 1.28 bits per heavy atom. The molecule has 12 heteroatoms. The maximum Gasteiger partial charge on any atom is 0.368 e. The Labute approximate surface area is 208 Å². The third kappa shape index (κ3) is 4.72. The number of nitriles is 1. The van der Waals surface area contributed by atoms with E-state index in [4.69, 9.17) is 5.73 Å². The largest absolute Gasteiger partial charge is 0.382 e. The van der Waals surface area contributed by atoms with Crippen molar-refractivity contribution in [3.8, 4) is 11.8 Å². The van der Waals surface area contributed by atoms with Gasteiger partial charge in [-0.15, -0.1) is 0 Å². The molecule has 4 N–H and O–H groups in total. The molecule has 0 saturated carbocycles. The molecular weight excluding hydrogens is 463 g/mol. The van der Waals surface area contributed by atoms with Gasteiger partial charge in [-0.05, 0) is 61.2 Å². The number of amidine groups is 1. The molecule has 0 radical (unpaired) electrons. The topological polar surface area (TPSA) is 151 Å². The smallest absolute Gasteiger partial charge is 0.368 e. The first-order chi connectivity index (χ1) is 16.8. The minimum atomic E-state index is -0.929. The number of aromatic nitrogens is 4. The van der Waals surface area contributed by atoms with E-state index in [1.807, 2.05) is 0 Å². The number of tetrazole rings is 1. The van der Waals surface area contributed by atoms with Crippen molar-refractivity contribution in [2.24, 2.45) is 28.2 Å². The van der Waals surface area contributed by atoms with Crippen molar-refractivity contribution in [3.63, 3.8) is 0 Å². The highest BCUT2D eigenvalue weighted by molar-refractivity contribution is 6.44. The standard InChI is InChI=1S/C24H31FN10O/c1-13-24(4,5)18(10-23(2,3)31-13)30-19-17(25)12-28-21(27)20(19)29-15-7-14(11-26)8-16(9-15)35-22(36)34(6)32-33-35/h7-9,12-13,18-19,30-31H,10H2,1-6H3,(H2,27,28). The van der Waals surface area contributed by atoms with Crippen LogP contribution in [0.2, 0.25) is 0 Å². The highest BCUT2D eigenvalue weighted by Crippen LogP contribution is 2.37. The molecule has 11 nitrogen and oxygen atoms in total. The number of nitrogens with one attached hydrogen (secondary N) is 2. The number of aryl methyl sites for hydroxylation is 1. The van der Waals surface area contributed by atoms with E-state index in [1.54, 1.807) is 6.07 Å². The Kier molecular flexibility index (Phi) is 6.40. The lowest BCUT2D eigenvalue weighted by Gasteiger charge is -2.52. The minimum Gasteiger partial charge on any atom is -0.382 e. The van der Waals surface area contributed by atoms with Crippen molar-refractivity contribution >= 4 is 17.2 Å². The Bertz CT molecular complexity index is 1370. The number of rotatable bonds is 4. The summed E-state index contributed by atoms with van der Waals surface area (Å²) in [5.41, 5.74) is 6.39. The number of benzene rings is 1. The summed E-state index contributed by atoms with van der Waals surface area (Å²) < 4.78 is 17.4. The van der Waals surface area contributed by atoms with Crippen LogP contribution in [0.4, 0.5) is 10.1 Å². The van der Waals surface area contributed by atoms with Crippen LogP contribution in [-0.4, -0.2) is 55.0 Å². The van der Waals surface area contributed by atoms with E-state index in [2.05, 4.69) is 71.7 Å². The van der Waals surface area contributed by atoms with E-state index < -0.39 is 17.6 Å². The van der Waals surface area contributed by atoms with Gasteiger partial charge in [-0.2, -0.15) is 14.6 Å². The first-order valence-corrected chi connectivity index (χ1v) is 11.7. The van der Waals surface area contributed by atoms with Gasteiger partial charge in [0, 0.05) is 24.7 Å². The lowest BCUT2D eigenvalue weighted by molar-refractivity contribution is 0.0685. The van der Waals surface area contributed by atoms with Gasteiger partial charge in [0.25, 0.3) is 0 Å². The molecule has 2 aromatic rings. The van der Waals surface area contributed by atoms with Crippen LogP contribution >= 0.6 is 0 Å². The Hall–Kier alpha value is -3.69. The third-order valence-corrected chi connectivity index (χ3v) is 7.09. The highest BCUT2D eigenvalue weighted by Gasteiger charge is 2.46. The van der Waals surface area contributed by atoms with E-state index >= 15 is 4.39 Å². The molecule has 4 rings (SSSR count). The summed E-state index contributed by atoms with van der Waals surface area (Å²) in [4.78, 5) is 20.9. The quantitative estimate of drug-likeness (QED) is 0.584. The van der Waals surface area contributed by atoms with Crippen LogP contribution in [0.25, 0.3) is 5.69 Å². The second-order valence-electron chi connectivity index (χ2n) is 10.6. The fourth-order valence-corrected chi connectivity index (χ4v) is 4.67. The minimum absolute atomic E-state index is 0.0635. The van der Waals surface area contributed by atoms with Gasteiger partial charge >= 0.3 is 5.69 Å². The van der Waals surface area contributed by atoms with Gasteiger partial charge in [0.05, 0.1) is 29.2 Å². The fraction of sp³-hybridized carbons (Fsp3) is 0.500. The van der Waals surface area contributed by atoms with Crippen molar-refractivity contribution in [1.82, 2.24) is 30.4 Å². The van der Waals surface area contributed by atoms with Crippen LogP contribution in [0.1, 0.15) is 46.6 Å². The molecule has 0 bridgehead atoms. The lowest BCUT2D eigenvalue weighted by Crippen LogP contribution is -2.67. The summed E-state index contributed by atoms with van der Waals surface area (Å²) in [6.07, 6.45) is 1.85. The third-order valence-electron chi connectivity index (χ3n) is 7.09. The van der Waals surface area contributed by atoms with E-state index in [1.165, 1.54) is 19.2 Å². The van der Waals surface area contributed by atoms with E-state index in [-0.39, 0.29) is 40.1 Å². The Morgan fingerprint density at radius 2 is 2.00 bits per heavy atom. The van der Waals surface area contributed by atoms with E-state index in [0.29, 0.717) is 11.4 Å². The van der Waals surface area contributed by atoms with Crippen LogP contribution in [0, 0.1) is 16.7 Å². The molecule has 3 atom stereocenters. The number of hydrogen-bond acceptors (Lipinski definition) is 9. The molecule has 1 fully saturated rings. The zero-order valence-corrected chi connectivity index (χ0v) is 21.2. The van der Waals surface area contributed by atoms with Gasteiger partial charge in [0.15, 0.2) is 0 Å². The Balaban J connectivity index is 1.76. The number of aliphatic imine (C=N–C) groups is 2. The highest BCUT2D eigenvalue weighted by atomic mass is 19.1. The zero-order valence-electron chi connectivity index (χ0n) is 21.2. The second-order valence-corrected chi connectivity index (χ2v) is 10.6. The molecule has 0 aliphatic carbocycles. The summed E-state index contributed by atoms with van der Waals surface area (Å²) >= 11 is 0. The molecule has 1 aromatic heterocycles. The molecule has 0 amide bonds. The normalized spacial score (nSPS) is 26.3. The van der Waals surface area contributed by atoms with Gasteiger partial charge in [-0.1, -0.05) is 13.8 Å². The molecule has 36 heavy (non-hydrogen) atoms. The average molecular weight is 495 g/mol. The van der Waals surface area contributed by atoms with E-state index in [9.17, 15) is 10.1 Å². The van der Waals surface area contributed by atoms with Crippen LogP contribution in [0.3, 0.4) is 0 Å². The first kappa shape index (κ1) is 25.4. The number of nitrogens with zero attached hydrogens (tertiary/aromatic N) is 7. The lowest BCUT2D eigenvalue weighted by atomic mass is 9.68. The Morgan fingerprint density at radius 3 is 2.64 bits per heavy atom. The fourth-order valence-electron chi connectivity index (χ4n) is 4.67. The molecule has 2 aliphatic heterocycles. The van der Waals surface area contributed by atoms with Crippen LogP contribution in [0.15, 0.2) is 45.0 Å². The molecule has 3 unspecified atom stereocenters. The maximum absolute atomic E-state index is 15.2. The van der Waals surface area contributed by atoms with Gasteiger partial charge in [0.2, 0.25) is 0 Å².